The number of carbonyl (C=O) groups is 1. The van der Waals surface area contributed by atoms with Crippen LogP contribution in [-0.4, -0.2) is 25.3 Å². The normalized spacial score (nSPS) is 11.8. The monoisotopic (exact) mass is 416 g/mol. The van der Waals surface area contributed by atoms with Gasteiger partial charge in [-0.25, -0.2) is 0 Å². The minimum absolute atomic E-state index is 0.0338. The van der Waals surface area contributed by atoms with Crippen molar-refractivity contribution in [2.24, 2.45) is 0 Å². The lowest BCUT2D eigenvalue weighted by Gasteiger charge is -2.15. The first kappa shape index (κ1) is 20.6. The summed E-state index contributed by atoms with van der Waals surface area (Å²) in [6, 6.07) is 12.0. The van der Waals surface area contributed by atoms with Gasteiger partial charge in [-0.15, -0.1) is 11.8 Å². The smallest absolute Gasteiger partial charge is 0.306 e. The van der Waals surface area contributed by atoms with Crippen LogP contribution in [0.5, 0.6) is 11.5 Å². The van der Waals surface area contributed by atoms with Crippen molar-refractivity contribution < 1.29 is 28.2 Å². The number of ether oxygens (including phenoxy) is 2. The highest BCUT2D eigenvalue weighted by atomic mass is 32.2. The van der Waals surface area contributed by atoms with Crippen LogP contribution in [0.15, 0.2) is 67.3 Å². The summed E-state index contributed by atoms with van der Waals surface area (Å²) in [5.41, 5.74) is -0.594. The third-order valence-corrected chi connectivity index (χ3v) is 5.32. The van der Waals surface area contributed by atoms with Gasteiger partial charge in [0.15, 0.2) is 5.76 Å². The summed E-state index contributed by atoms with van der Waals surface area (Å²) in [5, 5.41) is 10.3. The van der Waals surface area contributed by atoms with E-state index in [2.05, 4.69) is 0 Å². The zero-order valence-electron chi connectivity index (χ0n) is 15.9. The second-order valence-corrected chi connectivity index (χ2v) is 7.09. The van der Waals surface area contributed by atoms with Crippen LogP contribution >= 0.6 is 11.8 Å². The number of hydrogen-bond acceptors (Lipinski definition) is 8. The Balaban J connectivity index is 1.93. The van der Waals surface area contributed by atoms with Crippen LogP contribution in [0.4, 0.5) is 0 Å². The first-order chi connectivity index (χ1) is 14.0. The molecule has 0 aliphatic rings. The lowest BCUT2D eigenvalue weighted by Crippen LogP contribution is -2.13. The van der Waals surface area contributed by atoms with Crippen molar-refractivity contribution in [2.75, 3.05) is 14.2 Å². The van der Waals surface area contributed by atoms with E-state index in [0.717, 1.165) is 4.90 Å². The van der Waals surface area contributed by atoms with Crippen molar-refractivity contribution in [3.8, 4) is 11.5 Å². The lowest BCUT2D eigenvalue weighted by atomic mass is 9.98. The molecule has 152 valence electrons. The summed E-state index contributed by atoms with van der Waals surface area (Å²) < 4.78 is 21.3. The largest absolute Gasteiger partial charge is 0.502 e. The van der Waals surface area contributed by atoms with Crippen LogP contribution in [0, 0.1) is 0 Å². The van der Waals surface area contributed by atoms with Gasteiger partial charge in [-0.1, -0.05) is 12.1 Å². The van der Waals surface area contributed by atoms with Gasteiger partial charge in [-0.3, -0.25) is 9.59 Å². The van der Waals surface area contributed by atoms with E-state index in [-0.39, 0.29) is 12.2 Å². The molecule has 0 fully saturated rings. The van der Waals surface area contributed by atoms with E-state index in [1.165, 1.54) is 31.2 Å². The Labute approximate surface area is 171 Å². The molecule has 1 aromatic carbocycles. The van der Waals surface area contributed by atoms with E-state index in [0.29, 0.717) is 23.0 Å². The number of thioether (sulfide) groups is 1. The van der Waals surface area contributed by atoms with Crippen LogP contribution in [0.1, 0.15) is 29.6 Å². The summed E-state index contributed by atoms with van der Waals surface area (Å²) >= 11 is 1.42. The average Bonchev–Trinajstić information content (AvgIpc) is 3.27. The standard InChI is InChI=1S/C21H20O7S/c1-25-17-6-3-4-8-18(17)29-12-13-10-15(22)20(24)21(28-13)14(11-19(23)26-2)16-7-5-9-27-16/h3-10,14,24H,11-12H2,1-2H3/t14-/m0/s1. The predicted molar refractivity (Wildman–Crippen MR) is 106 cm³/mol. The molecule has 3 aromatic rings. The molecular weight excluding hydrogens is 396 g/mol. The molecule has 7 nitrogen and oxygen atoms in total. The molecule has 0 saturated carbocycles. The molecule has 8 heteroatoms. The van der Waals surface area contributed by atoms with Gasteiger partial charge in [0.05, 0.1) is 38.6 Å². The van der Waals surface area contributed by atoms with Crippen molar-refractivity contribution >= 4 is 17.7 Å². The maximum atomic E-state index is 12.3. The van der Waals surface area contributed by atoms with Crippen LogP contribution in [0.3, 0.4) is 0 Å². The number of benzene rings is 1. The second-order valence-electron chi connectivity index (χ2n) is 6.08. The topological polar surface area (TPSA) is 99.1 Å². The van der Waals surface area contributed by atoms with Gasteiger partial charge in [0, 0.05) is 11.0 Å². The number of esters is 1. The summed E-state index contributed by atoms with van der Waals surface area (Å²) in [7, 11) is 2.84. The van der Waals surface area contributed by atoms with Crippen molar-refractivity contribution in [3.05, 3.63) is 76.2 Å². The minimum Gasteiger partial charge on any atom is -0.502 e. The second kappa shape index (κ2) is 9.38. The third kappa shape index (κ3) is 4.83. The Kier molecular flexibility index (Phi) is 6.66. The summed E-state index contributed by atoms with van der Waals surface area (Å²) in [6.07, 6.45) is 1.29. The maximum absolute atomic E-state index is 12.3. The zero-order valence-corrected chi connectivity index (χ0v) is 16.7. The summed E-state index contributed by atoms with van der Waals surface area (Å²) in [6.45, 7) is 0. The average molecular weight is 416 g/mol. The van der Waals surface area contributed by atoms with Gasteiger partial charge in [0.2, 0.25) is 11.2 Å². The summed E-state index contributed by atoms with van der Waals surface area (Å²) in [5.74, 6) is -0.147. The molecule has 2 aromatic heterocycles. The molecule has 0 bridgehead atoms. The Bertz CT molecular complexity index is 1020. The highest BCUT2D eigenvalue weighted by Crippen LogP contribution is 2.36. The van der Waals surface area contributed by atoms with E-state index < -0.39 is 23.1 Å². The molecule has 1 atom stereocenters. The van der Waals surface area contributed by atoms with Gasteiger partial charge in [0.25, 0.3) is 0 Å². The van der Waals surface area contributed by atoms with E-state index in [9.17, 15) is 14.7 Å². The zero-order chi connectivity index (χ0) is 20.8. The SMILES string of the molecule is COC(=O)C[C@@H](c1ccco1)c1oc(CSc2ccccc2OC)cc(=O)c1O. The van der Waals surface area contributed by atoms with Crippen LogP contribution in [-0.2, 0) is 15.3 Å². The number of carbonyl (C=O) groups excluding carboxylic acids is 1. The summed E-state index contributed by atoms with van der Waals surface area (Å²) in [4.78, 5) is 25.1. The van der Waals surface area contributed by atoms with Crippen LogP contribution < -0.4 is 10.2 Å². The van der Waals surface area contributed by atoms with Gasteiger partial charge in [-0.05, 0) is 24.3 Å². The minimum atomic E-state index is -0.790. The molecule has 0 amide bonds. The number of methoxy groups -OCH3 is 2. The molecule has 0 unspecified atom stereocenters. The van der Waals surface area contributed by atoms with Crippen LogP contribution in [0.25, 0.3) is 0 Å². The predicted octanol–water partition coefficient (Wildman–Crippen LogP) is 3.93. The van der Waals surface area contributed by atoms with E-state index in [1.54, 1.807) is 19.2 Å². The fraction of sp³-hybridized carbons (Fsp3) is 0.238. The Morgan fingerprint density at radius 3 is 2.69 bits per heavy atom. The molecule has 0 aliphatic carbocycles. The molecular formula is C21H20O7S. The van der Waals surface area contributed by atoms with Crippen LogP contribution in [0.2, 0.25) is 0 Å². The van der Waals surface area contributed by atoms with Crippen molar-refractivity contribution in [2.45, 2.75) is 23.0 Å². The Hall–Kier alpha value is -3.13. The number of furan rings is 1. The first-order valence-corrected chi connectivity index (χ1v) is 9.74. The fourth-order valence-corrected chi connectivity index (χ4v) is 3.72. The highest BCUT2D eigenvalue weighted by molar-refractivity contribution is 7.98. The molecule has 29 heavy (non-hydrogen) atoms. The van der Waals surface area contributed by atoms with Gasteiger partial charge < -0.3 is 23.4 Å². The molecule has 0 radical (unpaired) electrons. The van der Waals surface area contributed by atoms with Crippen molar-refractivity contribution in [3.63, 3.8) is 0 Å². The molecule has 0 aliphatic heterocycles. The van der Waals surface area contributed by atoms with Gasteiger partial charge in [-0.2, -0.15) is 0 Å². The molecule has 0 spiro atoms. The third-order valence-electron chi connectivity index (χ3n) is 4.24. The van der Waals surface area contributed by atoms with E-state index in [4.69, 9.17) is 18.3 Å². The number of aromatic hydroxyl groups is 1. The Morgan fingerprint density at radius 2 is 2.00 bits per heavy atom. The van der Waals surface area contributed by atoms with Crippen molar-refractivity contribution in [1.82, 2.24) is 0 Å². The first-order valence-electron chi connectivity index (χ1n) is 8.75. The number of hydrogen-bond donors (Lipinski definition) is 1. The molecule has 3 rings (SSSR count). The van der Waals surface area contributed by atoms with E-state index in [1.807, 2.05) is 24.3 Å². The quantitative estimate of drug-likeness (QED) is 0.436. The number of para-hydroxylation sites is 1. The van der Waals surface area contributed by atoms with Gasteiger partial charge >= 0.3 is 5.97 Å². The Morgan fingerprint density at radius 1 is 1.21 bits per heavy atom. The van der Waals surface area contributed by atoms with E-state index >= 15 is 0 Å². The molecule has 0 saturated heterocycles. The number of rotatable bonds is 8. The maximum Gasteiger partial charge on any atom is 0.306 e. The lowest BCUT2D eigenvalue weighted by molar-refractivity contribution is -0.141. The molecule has 1 N–H and O–H groups in total. The van der Waals surface area contributed by atoms with Gasteiger partial charge in [0.1, 0.15) is 17.3 Å². The fourth-order valence-electron chi connectivity index (χ4n) is 2.81. The highest BCUT2D eigenvalue weighted by Gasteiger charge is 2.28. The molecule has 2 heterocycles. The van der Waals surface area contributed by atoms with Crippen molar-refractivity contribution in [1.29, 1.82) is 0 Å².